The van der Waals surface area contributed by atoms with Gasteiger partial charge in [-0.05, 0) is 33.6 Å². The van der Waals surface area contributed by atoms with Crippen LogP contribution in [-0.2, 0) is 16.4 Å². The van der Waals surface area contributed by atoms with E-state index < -0.39 is 9.84 Å². The first-order chi connectivity index (χ1) is 7.96. The maximum atomic E-state index is 11.2. The van der Waals surface area contributed by atoms with Gasteiger partial charge in [0.1, 0.15) is 5.75 Å². The molecule has 1 heterocycles. The van der Waals surface area contributed by atoms with Crippen LogP contribution in [0.15, 0.2) is 34.2 Å². The van der Waals surface area contributed by atoms with E-state index in [1.165, 1.54) is 5.41 Å². The SMILES string of the molecule is O=S1(=O)C=CC(NCc2ccc(O)c(Br)c2)C1. The highest BCUT2D eigenvalue weighted by atomic mass is 79.9. The summed E-state index contributed by atoms with van der Waals surface area (Å²) in [5.41, 5.74) is 0.979. The van der Waals surface area contributed by atoms with Crippen molar-refractivity contribution < 1.29 is 13.5 Å². The van der Waals surface area contributed by atoms with E-state index in [9.17, 15) is 13.5 Å². The van der Waals surface area contributed by atoms with E-state index >= 15 is 0 Å². The number of phenols is 1. The summed E-state index contributed by atoms with van der Waals surface area (Å²) in [4.78, 5) is 0. The molecular weight excluding hydrogens is 306 g/mol. The minimum atomic E-state index is -3.01. The van der Waals surface area contributed by atoms with Gasteiger partial charge in [-0.2, -0.15) is 0 Å². The summed E-state index contributed by atoms with van der Waals surface area (Å²) in [5.74, 6) is 0.309. The van der Waals surface area contributed by atoms with Crippen LogP contribution in [0.1, 0.15) is 5.56 Å². The lowest BCUT2D eigenvalue weighted by molar-refractivity contribution is 0.471. The normalized spacial score (nSPS) is 21.8. The Morgan fingerprint density at radius 1 is 1.47 bits per heavy atom. The molecule has 1 unspecified atom stereocenters. The maximum absolute atomic E-state index is 11.2. The van der Waals surface area contributed by atoms with Gasteiger partial charge in [0.15, 0.2) is 9.84 Å². The average molecular weight is 318 g/mol. The van der Waals surface area contributed by atoms with Crippen LogP contribution in [0.3, 0.4) is 0 Å². The quantitative estimate of drug-likeness (QED) is 0.887. The van der Waals surface area contributed by atoms with Crippen LogP contribution in [0.25, 0.3) is 0 Å². The number of aromatic hydroxyl groups is 1. The van der Waals surface area contributed by atoms with E-state index in [1.54, 1.807) is 24.3 Å². The number of hydrogen-bond donors (Lipinski definition) is 2. The van der Waals surface area contributed by atoms with Crippen LogP contribution < -0.4 is 5.32 Å². The molecule has 0 aliphatic carbocycles. The Morgan fingerprint density at radius 2 is 2.24 bits per heavy atom. The number of benzene rings is 1. The fourth-order valence-corrected chi connectivity index (χ4v) is 3.31. The van der Waals surface area contributed by atoms with Gasteiger partial charge in [0.05, 0.1) is 10.2 Å². The van der Waals surface area contributed by atoms with Gasteiger partial charge in [-0.1, -0.05) is 12.1 Å². The van der Waals surface area contributed by atoms with Crippen LogP contribution in [0.5, 0.6) is 5.75 Å². The number of phenolic OH excluding ortho intramolecular Hbond substituents is 1. The molecule has 1 aliphatic rings. The molecule has 0 bridgehead atoms. The summed E-state index contributed by atoms with van der Waals surface area (Å²) in [6.07, 6.45) is 1.66. The van der Waals surface area contributed by atoms with E-state index in [-0.39, 0.29) is 17.5 Å². The standard InChI is InChI=1S/C11H12BrNO3S/c12-10-5-8(1-2-11(10)14)6-13-9-3-4-17(15,16)7-9/h1-5,9,13-14H,6-7H2. The van der Waals surface area contributed by atoms with Crippen molar-refractivity contribution >= 4 is 25.8 Å². The number of halogens is 1. The van der Waals surface area contributed by atoms with Crippen molar-refractivity contribution in [1.82, 2.24) is 5.32 Å². The highest BCUT2D eigenvalue weighted by Gasteiger charge is 2.20. The zero-order chi connectivity index (χ0) is 12.5. The summed E-state index contributed by atoms with van der Waals surface area (Å²) < 4.78 is 23.0. The monoisotopic (exact) mass is 317 g/mol. The third-order valence-corrected chi connectivity index (χ3v) is 4.54. The van der Waals surface area contributed by atoms with Crippen molar-refractivity contribution in [2.75, 3.05) is 5.75 Å². The average Bonchev–Trinajstić information content (AvgIpc) is 2.60. The second-order valence-electron chi connectivity index (χ2n) is 3.93. The zero-order valence-corrected chi connectivity index (χ0v) is 11.3. The molecule has 0 saturated heterocycles. The summed E-state index contributed by atoms with van der Waals surface area (Å²) in [6.45, 7) is 0.559. The number of nitrogens with one attached hydrogen (secondary N) is 1. The Kier molecular flexibility index (Phi) is 3.56. The Hall–Kier alpha value is -0.850. The van der Waals surface area contributed by atoms with Crippen LogP contribution in [0, 0.1) is 0 Å². The van der Waals surface area contributed by atoms with Gasteiger partial charge in [-0.3, -0.25) is 0 Å². The molecule has 1 aromatic carbocycles. The molecular formula is C11H12BrNO3S. The minimum Gasteiger partial charge on any atom is -0.507 e. The summed E-state index contributed by atoms with van der Waals surface area (Å²) >= 11 is 3.23. The molecule has 0 saturated carbocycles. The lowest BCUT2D eigenvalue weighted by atomic mass is 10.2. The molecule has 0 spiro atoms. The molecule has 6 heteroatoms. The maximum Gasteiger partial charge on any atom is 0.173 e. The lowest BCUT2D eigenvalue weighted by Gasteiger charge is -2.10. The third-order valence-electron chi connectivity index (χ3n) is 2.51. The van der Waals surface area contributed by atoms with Crippen molar-refractivity contribution in [3.63, 3.8) is 0 Å². The number of hydrogen-bond acceptors (Lipinski definition) is 4. The van der Waals surface area contributed by atoms with Gasteiger partial charge in [-0.15, -0.1) is 0 Å². The van der Waals surface area contributed by atoms with Crippen molar-refractivity contribution in [2.24, 2.45) is 0 Å². The fourth-order valence-electron chi connectivity index (χ4n) is 1.61. The molecule has 1 aromatic rings. The fraction of sp³-hybridized carbons (Fsp3) is 0.273. The Bertz CT molecular complexity index is 554. The summed E-state index contributed by atoms with van der Waals surface area (Å²) in [5, 5.41) is 13.7. The number of rotatable bonds is 3. The van der Waals surface area contributed by atoms with Crippen molar-refractivity contribution in [3.8, 4) is 5.75 Å². The van der Waals surface area contributed by atoms with Gasteiger partial charge < -0.3 is 10.4 Å². The van der Waals surface area contributed by atoms with Crippen molar-refractivity contribution in [1.29, 1.82) is 0 Å². The van der Waals surface area contributed by atoms with Crippen LogP contribution in [0.2, 0.25) is 0 Å². The van der Waals surface area contributed by atoms with E-state index in [2.05, 4.69) is 21.2 Å². The first-order valence-electron chi connectivity index (χ1n) is 5.08. The second kappa shape index (κ2) is 4.80. The Labute approximate surface area is 108 Å². The molecule has 92 valence electrons. The van der Waals surface area contributed by atoms with E-state index in [1.807, 2.05) is 0 Å². The van der Waals surface area contributed by atoms with E-state index in [0.29, 0.717) is 11.0 Å². The predicted octanol–water partition coefficient (Wildman–Crippen LogP) is 1.55. The molecule has 0 aromatic heterocycles. The second-order valence-corrected chi connectivity index (χ2v) is 6.72. The molecule has 0 radical (unpaired) electrons. The van der Waals surface area contributed by atoms with E-state index in [0.717, 1.165) is 5.56 Å². The molecule has 0 fully saturated rings. The van der Waals surface area contributed by atoms with E-state index in [4.69, 9.17) is 0 Å². The Morgan fingerprint density at radius 3 is 2.82 bits per heavy atom. The van der Waals surface area contributed by atoms with Crippen LogP contribution in [0.4, 0.5) is 0 Å². The smallest absolute Gasteiger partial charge is 0.173 e. The Balaban J connectivity index is 1.95. The van der Waals surface area contributed by atoms with Gasteiger partial charge in [0.2, 0.25) is 0 Å². The van der Waals surface area contributed by atoms with Gasteiger partial charge in [0.25, 0.3) is 0 Å². The zero-order valence-electron chi connectivity index (χ0n) is 8.93. The first-order valence-corrected chi connectivity index (χ1v) is 7.59. The highest BCUT2D eigenvalue weighted by molar-refractivity contribution is 9.10. The first kappa shape index (κ1) is 12.6. The molecule has 2 N–H and O–H groups in total. The molecule has 4 nitrogen and oxygen atoms in total. The van der Waals surface area contributed by atoms with Crippen LogP contribution >= 0.6 is 15.9 Å². The molecule has 1 aliphatic heterocycles. The van der Waals surface area contributed by atoms with Crippen molar-refractivity contribution in [2.45, 2.75) is 12.6 Å². The molecule has 0 amide bonds. The summed E-state index contributed by atoms with van der Waals surface area (Å²) in [7, 11) is -3.01. The molecule has 17 heavy (non-hydrogen) atoms. The topological polar surface area (TPSA) is 66.4 Å². The predicted molar refractivity (Wildman–Crippen MR) is 69.4 cm³/mol. The highest BCUT2D eigenvalue weighted by Crippen LogP contribution is 2.24. The number of sulfone groups is 1. The van der Waals surface area contributed by atoms with Crippen LogP contribution in [-0.4, -0.2) is 25.3 Å². The minimum absolute atomic E-state index is 0.117. The van der Waals surface area contributed by atoms with Gasteiger partial charge in [-0.25, -0.2) is 8.42 Å². The summed E-state index contributed by atoms with van der Waals surface area (Å²) in [6, 6.07) is 5.06. The largest absolute Gasteiger partial charge is 0.507 e. The lowest BCUT2D eigenvalue weighted by Crippen LogP contribution is -2.29. The molecule has 1 atom stereocenters. The third kappa shape index (κ3) is 3.31. The van der Waals surface area contributed by atoms with Gasteiger partial charge >= 0.3 is 0 Å². The molecule has 2 rings (SSSR count). The van der Waals surface area contributed by atoms with Gasteiger partial charge in [0, 0.05) is 18.0 Å². The van der Waals surface area contributed by atoms with Crippen molar-refractivity contribution in [3.05, 3.63) is 39.7 Å².